The summed E-state index contributed by atoms with van der Waals surface area (Å²) >= 11 is 1.33. The fourth-order valence-electron chi connectivity index (χ4n) is 2.84. The molecule has 0 aromatic carbocycles. The lowest BCUT2D eigenvalue weighted by atomic mass is 10.2. The average Bonchev–Trinajstić information content (AvgIpc) is 3.37. The molecule has 0 bridgehead atoms. The van der Waals surface area contributed by atoms with Crippen LogP contribution < -0.4 is 21.5 Å². The van der Waals surface area contributed by atoms with Crippen molar-refractivity contribution >= 4 is 23.1 Å². The van der Waals surface area contributed by atoms with Gasteiger partial charge in [0, 0.05) is 23.2 Å². The summed E-state index contributed by atoms with van der Waals surface area (Å²) in [5, 5.41) is 6.51. The van der Waals surface area contributed by atoms with Crippen LogP contribution in [0.2, 0.25) is 0 Å². The van der Waals surface area contributed by atoms with Crippen molar-refractivity contribution in [3.8, 4) is 17.6 Å². The molecule has 1 unspecified atom stereocenters. The van der Waals surface area contributed by atoms with Crippen LogP contribution in [0.4, 0.5) is 14.6 Å². The van der Waals surface area contributed by atoms with E-state index in [9.17, 15) is 18.4 Å². The highest BCUT2D eigenvalue weighted by molar-refractivity contribution is 7.12. The minimum absolute atomic E-state index is 0.199. The van der Waals surface area contributed by atoms with Crippen molar-refractivity contribution in [1.82, 2.24) is 19.3 Å². The van der Waals surface area contributed by atoms with Crippen LogP contribution in [0.1, 0.15) is 9.75 Å². The summed E-state index contributed by atoms with van der Waals surface area (Å²) in [4.78, 5) is 30.0. The third-order valence-electron chi connectivity index (χ3n) is 4.46. The first-order valence-corrected chi connectivity index (χ1v) is 10.1. The van der Waals surface area contributed by atoms with Crippen LogP contribution >= 0.6 is 11.3 Å². The van der Waals surface area contributed by atoms with E-state index in [1.807, 2.05) is 0 Å². The molecule has 0 saturated carbocycles. The molecule has 12 heteroatoms. The largest absolute Gasteiger partial charge is 0.464 e. The summed E-state index contributed by atoms with van der Waals surface area (Å²) < 4.78 is 33.4. The molecule has 0 saturated heterocycles. The quantitative estimate of drug-likeness (QED) is 0.559. The highest BCUT2D eigenvalue weighted by atomic mass is 32.1. The molecule has 3 aromatic heterocycles. The second-order valence-corrected chi connectivity index (χ2v) is 7.81. The van der Waals surface area contributed by atoms with Gasteiger partial charge in [0.05, 0.1) is 18.0 Å². The Morgan fingerprint density at radius 3 is 2.94 bits per heavy atom. The van der Waals surface area contributed by atoms with Crippen LogP contribution in [-0.4, -0.2) is 37.9 Å². The minimum atomic E-state index is -1.91. The van der Waals surface area contributed by atoms with E-state index < -0.39 is 23.8 Å². The van der Waals surface area contributed by atoms with E-state index >= 15 is 0 Å². The smallest absolute Gasteiger partial charge is 0.346 e. The number of aromatic nitrogens is 4. The van der Waals surface area contributed by atoms with Crippen molar-refractivity contribution in [2.75, 3.05) is 11.9 Å². The van der Waals surface area contributed by atoms with Gasteiger partial charge in [-0.3, -0.25) is 9.36 Å². The number of carbonyl (C=O) groups excluding carboxylic acids is 1. The predicted molar refractivity (Wildman–Crippen MR) is 112 cm³/mol. The molecular formula is C20H16F2N6O3S. The minimum Gasteiger partial charge on any atom is -0.464 e. The van der Waals surface area contributed by atoms with Gasteiger partial charge < -0.3 is 15.8 Å². The first kappa shape index (κ1) is 21.4. The van der Waals surface area contributed by atoms with Gasteiger partial charge in [0.2, 0.25) is 6.10 Å². The van der Waals surface area contributed by atoms with Crippen LogP contribution in [-0.2, 0) is 17.9 Å². The number of nitrogens with one attached hydrogen (secondary N) is 1. The number of fused-ring (bicyclic) bond motifs is 1. The number of hydrogen-bond donors (Lipinski definition) is 2. The topological polar surface area (TPSA) is 117 Å². The second-order valence-electron chi connectivity index (χ2n) is 6.64. The van der Waals surface area contributed by atoms with Gasteiger partial charge in [-0.05, 0) is 30.2 Å². The Balaban J connectivity index is 1.44. The number of amides is 1. The number of pyridine rings is 1. The van der Waals surface area contributed by atoms with E-state index in [0.717, 1.165) is 9.56 Å². The van der Waals surface area contributed by atoms with Gasteiger partial charge in [0.25, 0.3) is 12.0 Å². The zero-order valence-corrected chi connectivity index (χ0v) is 17.2. The maximum absolute atomic E-state index is 12.8. The fraction of sp³-hybridized carbons (Fsp3) is 0.200. The van der Waals surface area contributed by atoms with Crippen LogP contribution in [0.3, 0.4) is 0 Å². The summed E-state index contributed by atoms with van der Waals surface area (Å²) in [6.07, 6.45) is -0.0580. The van der Waals surface area contributed by atoms with Crippen molar-refractivity contribution in [2.24, 2.45) is 5.73 Å². The summed E-state index contributed by atoms with van der Waals surface area (Å²) in [5.41, 5.74) is 4.40. The lowest BCUT2D eigenvalue weighted by Gasteiger charge is -2.20. The number of halogens is 2. The van der Waals surface area contributed by atoms with Crippen molar-refractivity contribution in [3.63, 3.8) is 0 Å². The van der Waals surface area contributed by atoms with Crippen LogP contribution in [0.25, 0.3) is 0 Å². The van der Waals surface area contributed by atoms with Crippen molar-refractivity contribution < 1.29 is 18.3 Å². The van der Waals surface area contributed by atoms with Gasteiger partial charge in [-0.2, -0.15) is 13.9 Å². The first-order chi connectivity index (χ1) is 15.4. The Bertz CT molecular complexity index is 1310. The molecule has 1 aliphatic heterocycles. The van der Waals surface area contributed by atoms with Gasteiger partial charge in [-0.25, -0.2) is 14.5 Å². The van der Waals surface area contributed by atoms with E-state index in [0.29, 0.717) is 16.4 Å². The number of nitrogens with two attached hydrogens (primary N) is 1. The second kappa shape index (κ2) is 9.13. The molecule has 164 valence electrons. The highest BCUT2D eigenvalue weighted by Gasteiger charge is 2.26. The van der Waals surface area contributed by atoms with Gasteiger partial charge in [-0.1, -0.05) is 5.92 Å². The molecule has 0 fully saturated rings. The standard InChI is InChI=1S/C20H16F2N6O3S/c21-17(22)12(8-23)9-28-20(30)27(11-25-28)10-14-4-3-13(32-14)5-6-16-19(29)26-18-15(31-16)2-1-7-24-18/h1-4,7,11,16H,8-10,23H2,(H,24,26,29). The van der Waals surface area contributed by atoms with E-state index in [4.69, 9.17) is 10.5 Å². The number of ether oxygens (including phenoxy) is 1. The van der Waals surface area contributed by atoms with Crippen molar-refractivity contribution in [2.45, 2.75) is 19.2 Å². The monoisotopic (exact) mass is 458 g/mol. The molecule has 3 aromatic rings. The third-order valence-corrected chi connectivity index (χ3v) is 5.45. The lowest BCUT2D eigenvalue weighted by Crippen LogP contribution is -2.36. The molecule has 0 spiro atoms. The summed E-state index contributed by atoms with van der Waals surface area (Å²) in [5.74, 6) is 6.07. The molecule has 0 radical (unpaired) electrons. The van der Waals surface area contributed by atoms with Gasteiger partial charge in [-0.15, -0.1) is 11.3 Å². The number of carbonyl (C=O) groups is 1. The van der Waals surface area contributed by atoms with Crippen LogP contribution in [0, 0.1) is 11.8 Å². The number of hydrogen-bond acceptors (Lipinski definition) is 7. The Labute approximate surface area is 184 Å². The van der Waals surface area contributed by atoms with Gasteiger partial charge in [0.1, 0.15) is 6.33 Å². The highest BCUT2D eigenvalue weighted by Crippen LogP contribution is 2.26. The average molecular weight is 458 g/mol. The normalized spacial score (nSPS) is 14.6. The predicted octanol–water partition coefficient (Wildman–Crippen LogP) is 1.41. The van der Waals surface area contributed by atoms with E-state index in [-0.39, 0.29) is 25.2 Å². The number of thiophene rings is 1. The van der Waals surface area contributed by atoms with E-state index in [2.05, 4.69) is 27.2 Å². The molecule has 1 atom stereocenters. The molecule has 4 heterocycles. The molecule has 9 nitrogen and oxygen atoms in total. The van der Waals surface area contributed by atoms with Crippen LogP contribution in [0.15, 0.2) is 53.2 Å². The Hall–Kier alpha value is -3.82. The van der Waals surface area contributed by atoms with Gasteiger partial charge in [0.15, 0.2) is 11.6 Å². The van der Waals surface area contributed by atoms with Crippen molar-refractivity contribution in [1.29, 1.82) is 0 Å². The summed E-state index contributed by atoms with van der Waals surface area (Å²) in [6, 6.07) is 6.92. The first-order valence-electron chi connectivity index (χ1n) is 9.32. The maximum Gasteiger partial charge on any atom is 0.346 e. The molecule has 4 rings (SSSR count). The third kappa shape index (κ3) is 4.58. The zero-order valence-electron chi connectivity index (χ0n) is 16.4. The zero-order chi connectivity index (χ0) is 22.7. The summed E-state index contributed by atoms with van der Waals surface area (Å²) in [7, 11) is 0. The van der Waals surface area contributed by atoms with Crippen molar-refractivity contribution in [3.05, 3.63) is 68.7 Å². The molecule has 1 amide bonds. The van der Waals surface area contributed by atoms with E-state index in [1.54, 1.807) is 30.5 Å². The Kier molecular flexibility index (Phi) is 6.11. The lowest BCUT2D eigenvalue weighted by molar-refractivity contribution is -0.121. The summed E-state index contributed by atoms with van der Waals surface area (Å²) in [6.45, 7) is -0.530. The molecule has 1 aliphatic rings. The molecule has 0 aliphatic carbocycles. The maximum atomic E-state index is 12.8. The molecular weight excluding hydrogens is 442 g/mol. The SMILES string of the molecule is NCC(Cn1ncn(Cc2ccc(C#CC3Oc4cccnc4NC3=O)s2)c1=O)=C(F)F. The number of rotatable bonds is 5. The van der Waals surface area contributed by atoms with Crippen LogP contribution in [0.5, 0.6) is 5.75 Å². The van der Waals surface area contributed by atoms with E-state index in [1.165, 1.54) is 22.2 Å². The molecule has 3 N–H and O–H groups in total. The number of nitrogens with zero attached hydrogens (tertiary/aromatic N) is 4. The van der Waals surface area contributed by atoms with Gasteiger partial charge >= 0.3 is 5.69 Å². The Morgan fingerprint density at radius 1 is 1.31 bits per heavy atom. The molecule has 32 heavy (non-hydrogen) atoms. The number of anilines is 1. The Morgan fingerprint density at radius 2 is 2.16 bits per heavy atom. The fourth-order valence-corrected chi connectivity index (χ4v) is 3.71.